The minimum Gasteiger partial charge on any atom is -0.489 e. The first kappa shape index (κ1) is 28.3. The number of halogens is 1. The van der Waals surface area contributed by atoms with Crippen molar-refractivity contribution in [2.45, 2.75) is 40.2 Å². The summed E-state index contributed by atoms with van der Waals surface area (Å²) in [5.41, 5.74) is 6.38. The van der Waals surface area contributed by atoms with E-state index in [1.807, 2.05) is 39.0 Å². The maximum atomic E-state index is 13.0. The molecule has 38 heavy (non-hydrogen) atoms. The zero-order valence-electron chi connectivity index (χ0n) is 23.2. The van der Waals surface area contributed by atoms with Crippen LogP contribution >= 0.6 is 23.1 Å². The Morgan fingerprint density at radius 3 is 2.53 bits per heavy atom. The molecule has 2 aromatic carbocycles. The van der Waals surface area contributed by atoms with Gasteiger partial charge >= 0.3 is 0 Å². The summed E-state index contributed by atoms with van der Waals surface area (Å²) in [4.78, 5) is 11.5. The summed E-state index contributed by atoms with van der Waals surface area (Å²) in [6.45, 7) is 13.7. The van der Waals surface area contributed by atoms with Gasteiger partial charge in [0.25, 0.3) is 0 Å². The van der Waals surface area contributed by atoms with E-state index in [0.717, 1.165) is 47.5 Å². The first-order valence-electron chi connectivity index (χ1n) is 12.8. The van der Waals surface area contributed by atoms with Gasteiger partial charge in [0.15, 0.2) is 0 Å². The van der Waals surface area contributed by atoms with E-state index in [9.17, 15) is 4.57 Å². The molecule has 0 saturated carbocycles. The third kappa shape index (κ3) is 6.85. The predicted molar refractivity (Wildman–Crippen MR) is 164 cm³/mol. The Balaban J connectivity index is 1.67. The molecule has 0 spiro atoms. The molecule has 0 radical (unpaired) electrons. The summed E-state index contributed by atoms with van der Waals surface area (Å²) in [5, 5.41) is 7.53. The Morgan fingerprint density at radius 1 is 1.11 bits per heavy atom. The lowest BCUT2D eigenvalue weighted by Crippen LogP contribution is -2.23. The molecule has 1 aromatic heterocycles. The van der Waals surface area contributed by atoms with Crippen LogP contribution < -0.4 is 20.7 Å². The number of anilines is 4. The highest BCUT2D eigenvalue weighted by molar-refractivity contribution is 9.10. The molecule has 0 amide bonds. The van der Waals surface area contributed by atoms with E-state index < -0.39 is 7.14 Å². The monoisotopic (exact) mass is 597 g/mol. The van der Waals surface area contributed by atoms with Gasteiger partial charge < -0.3 is 24.8 Å². The number of likely N-dealkylation sites (N-methyl/N-ethyl adjacent to an activating group) is 1. The second kappa shape index (κ2) is 11.6. The molecule has 7 nitrogen and oxygen atoms in total. The molecule has 2 heterocycles. The summed E-state index contributed by atoms with van der Waals surface area (Å²) in [6.07, 6.45) is 5.04. The Labute approximate surface area is 234 Å². The van der Waals surface area contributed by atoms with E-state index >= 15 is 0 Å². The molecule has 4 rings (SSSR count). The lowest BCUT2D eigenvalue weighted by molar-refractivity contribution is 0.243. The first-order chi connectivity index (χ1) is 17.9. The van der Waals surface area contributed by atoms with Crippen molar-refractivity contribution in [3.63, 3.8) is 0 Å². The van der Waals surface area contributed by atoms with E-state index in [1.165, 1.54) is 16.7 Å². The lowest BCUT2D eigenvalue weighted by Gasteiger charge is -2.24. The van der Waals surface area contributed by atoms with Crippen molar-refractivity contribution < 1.29 is 9.30 Å². The minimum absolute atomic E-state index is 0.0133. The average molecular weight is 599 g/mol. The van der Waals surface area contributed by atoms with Crippen LogP contribution in [0, 0.1) is 13.8 Å². The van der Waals surface area contributed by atoms with Crippen LogP contribution in [-0.4, -0.2) is 54.4 Å². The van der Waals surface area contributed by atoms with Crippen LogP contribution in [-0.2, 0) is 4.57 Å². The smallest absolute Gasteiger partial charge is 0.229 e. The molecule has 3 aromatic rings. The van der Waals surface area contributed by atoms with Gasteiger partial charge in [-0.1, -0.05) is 17.7 Å². The Kier molecular flexibility index (Phi) is 8.65. The Morgan fingerprint density at radius 2 is 1.87 bits per heavy atom. The molecule has 0 fully saturated rings. The topological polar surface area (TPSA) is 79.4 Å². The number of benzene rings is 2. The van der Waals surface area contributed by atoms with Gasteiger partial charge in [-0.25, -0.2) is 4.98 Å². The van der Waals surface area contributed by atoms with Gasteiger partial charge in [-0.15, -0.1) is 0 Å². The Bertz CT molecular complexity index is 1420. The van der Waals surface area contributed by atoms with Crippen molar-refractivity contribution in [1.82, 2.24) is 14.9 Å². The van der Waals surface area contributed by atoms with Crippen LogP contribution in [0.1, 0.15) is 37.0 Å². The molecular weight excluding hydrogens is 561 g/mol. The third-order valence-electron chi connectivity index (χ3n) is 6.42. The van der Waals surface area contributed by atoms with Crippen LogP contribution in [0.15, 0.2) is 47.1 Å². The van der Waals surface area contributed by atoms with Gasteiger partial charge in [0.05, 0.1) is 22.0 Å². The van der Waals surface area contributed by atoms with Crippen LogP contribution in [0.2, 0.25) is 0 Å². The van der Waals surface area contributed by atoms with E-state index in [1.54, 1.807) is 19.5 Å². The molecule has 0 bridgehead atoms. The Hall–Kier alpha value is -2.67. The molecule has 0 saturated heterocycles. The molecular formula is C29H37BrN5O2P. The van der Waals surface area contributed by atoms with Crippen molar-refractivity contribution in [3.05, 3.63) is 63.8 Å². The highest BCUT2D eigenvalue weighted by Crippen LogP contribution is 2.40. The van der Waals surface area contributed by atoms with Crippen molar-refractivity contribution in [1.29, 1.82) is 0 Å². The van der Waals surface area contributed by atoms with Crippen molar-refractivity contribution in [2.75, 3.05) is 44.1 Å². The average Bonchev–Trinajstić information content (AvgIpc) is 2.83. The zero-order valence-corrected chi connectivity index (χ0v) is 25.7. The van der Waals surface area contributed by atoms with Crippen LogP contribution in [0.5, 0.6) is 5.75 Å². The maximum Gasteiger partial charge on any atom is 0.229 e. The summed E-state index contributed by atoms with van der Waals surface area (Å²) >= 11 is 3.56. The minimum atomic E-state index is -2.51. The summed E-state index contributed by atoms with van der Waals surface area (Å²) < 4.78 is 19.9. The zero-order chi connectivity index (χ0) is 27.6. The lowest BCUT2D eigenvalue weighted by atomic mass is 9.95. The number of hydrogen-bond acceptors (Lipinski definition) is 7. The van der Waals surface area contributed by atoms with Gasteiger partial charge in [0.1, 0.15) is 18.7 Å². The number of nitrogens with zero attached hydrogens (tertiary/aromatic N) is 3. The molecule has 0 unspecified atom stereocenters. The fourth-order valence-corrected chi connectivity index (χ4v) is 5.97. The largest absolute Gasteiger partial charge is 0.489 e. The first-order valence-corrected chi connectivity index (χ1v) is 16.2. The summed E-state index contributed by atoms with van der Waals surface area (Å²) in [7, 11) is -0.364. The fraction of sp³-hybridized carbons (Fsp3) is 0.379. The standard InChI is InChI=1S/C29H37BrN5O2P/c1-18(2)37-26-16-22(21-10-12-35(5)13-11-21)20(4)15-25(26)33-29-31-17-23(30)28(34-29)32-24-9-8-19(3)14-27(24)38(6,7)36/h8-10,14-18H,11-13H2,1-7H3,(H2,31,32,33,34). The normalized spacial score (nSPS) is 14.4. The highest BCUT2D eigenvalue weighted by atomic mass is 79.9. The number of ether oxygens (including phenoxy) is 1. The second-order valence-electron chi connectivity index (χ2n) is 10.6. The van der Waals surface area contributed by atoms with E-state index in [0.29, 0.717) is 16.2 Å². The van der Waals surface area contributed by atoms with E-state index in [2.05, 4.69) is 68.6 Å². The molecule has 9 heteroatoms. The highest BCUT2D eigenvalue weighted by Gasteiger charge is 2.19. The van der Waals surface area contributed by atoms with Gasteiger partial charge in [-0.3, -0.25) is 0 Å². The summed E-state index contributed by atoms with van der Waals surface area (Å²) in [6, 6.07) is 10.1. The second-order valence-corrected chi connectivity index (χ2v) is 14.6. The van der Waals surface area contributed by atoms with Gasteiger partial charge in [0.2, 0.25) is 5.95 Å². The van der Waals surface area contributed by atoms with Gasteiger partial charge in [-0.05, 0) is 111 Å². The van der Waals surface area contributed by atoms with Crippen LogP contribution in [0.3, 0.4) is 0 Å². The van der Waals surface area contributed by atoms with E-state index in [4.69, 9.17) is 9.72 Å². The number of nitrogens with one attached hydrogen (secondary N) is 2. The quantitative estimate of drug-likeness (QED) is 0.268. The van der Waals surface area contributed by atoms with Crippen LogP contribution in [0.25, 0.3) is 5.57 Å². The number of hydrogen-bond donors (Lipinski definition) is 2. The van der Waals surface area contributed by atoms with Crippen molar-refractivity contribution in [2.24, 2.45) is 0 Å². The fourth-order valence-electron chi connectivity index (χ4n) is 4.45. The molecule has 2 N–H and O–H groups in total. The number of rotatable bonds is 8. The molecule has 202 valence electrons. The number of aryl methyl sites for hydroxylation is 2. The van der Waals surface area contributed by atoms with Crippen molar-refractivity contribution >= 4 is 57.1 Å². The SMILES string of the molecule is Cc1ccc(Nc2nc(Nc3cc(C)c(C4=CCN(C)CC4)cc3OC(C)C)ncc2Br)c(P(C)(C)=O)c1. The van der Waals surface area contributed by atoms with E-state index in [-0.39, 0.29) is 6.10 Å². The molecule has 1 aliphatic heterocycles. The van der Waals surface area contributed by atoms with Gasteiger partial charge in [0, 0.05) is 24.6 Å². The molecule has 0 aliphatic carbocycles. The molecule has 1 aliphatic rings. The van der Waals surface area contributed by atoms with Crippen LogP contribution in [0.4, 0.5) is 23.1 Å². The third-order valence-corrected chi connectivity index (χ3v) is 8.54. The van der Waals surface area contributed by atoms with Crippen molar-refractivity contribution in [3.8, 4) is 5.75 Å². The van der Waals surface area contributed by atoms with Gasteiger partial charge in [-0.2, -0.15) is 4.98 Å². The maximum absolute atomic E-state index is 13.0. The summed E-state index contributed by atoms with van der Waals surface area (Å²) in [5.74, 6) is 1.78. The predicted octanol–water partition coefficient (Wildman–Crippen LogP) is 7.10. The number of aromatic nitrogens is 2. The molecule has 0 atom stereocenters.